The summed E-state index contributed by atoms with van der Waals surface area (Å²) in [5, 5.41) is 14.8. The molecular weight excluding hydrogens is 430 g/mol. The molecule has 3 amide bonds. The zero-order valence-corrected chi connectivity index (χ0v) is 19.7. The number of rotatable bonds is 9. The van der Waals surface area contributed by atoms with Gasteiger partial charge in [-0.25, -0.2) is 4.79 Å². The number of amides is 3. The highest BCUT2D eigenvalue weighted by molar-refractivity contribution is 5.93. The molecule has 1 aliphatic rings. The van der Waals surface area contributed by atoms with Crippen molar-refractivity contribution in [2.45, 2.75) is 64.3 Å². The third kappa shape index (κ3) is 7.45. The van der Waals surface area contributed by atoms with Crippen LogP contribution >= 0.6 is 0 Å². The van der Waals surface area contributed by atoms with E-state index >= 15 is 0 Å². The van der Waals surface area contributed by atoms with E-state index in [0.29, 0.717) is 18.4 Å². The molecule has 1 aromatic rings. The molecule has 0 bridgehead atoms. The first-order valence-electron chi connectivity index (χ1n) is 10.8. The number of ether oxygens (including phenoxy) is 2. The Kier molecular flexibility index (Phi) is 8.81. The predicted molar refractivity (Wildman–Crippen MR) is 119 cm³/mol. The van der Waals surface area contributed by atoms with E-state index in [2.05, 4.69) is 15.4 Å². The molecule has 0 aliphatic heterocycles. The number of alkyl carbamates (subject to hydrolysis) is 1. The molecule has 182 valence electrons. The van der Waals surface area contributed by atoms with E-state index in [4.69, 9.17) is 4.74 Å². The summed E-state index contributed by atoms with van der Waals surface area (Å²) in [5.41, 5.74) is 0.560. The zero-order chi connectivity index (χ0) is 24.8. The van der Waals surface area contributed by atoms with Crippen LogP contribution in [0.15, 0.2) is 24.3 Å². The third-order valence-electron chi connectivity index (χ3n) is 5.01. The molecule has 10 heteroatoms. The molecule has 0 radical (unpaired) electrons. The Morgan fingerprint density at radius 3 is 2.33 bits per heavy atom. The van der Waals surface area contributed by atoms with Crippen molar-refractivity contribution in [2.24, 2.45) is 0 Å². The number of methoxy groups -OCH3 is 1. The SMILES string of the molecule is COC(=O)CNC(=O)C(c1ccccc1C)N(C(=O)C(CO)NC(=O)OC(C)(C)C)C1CC1. The van der Waals surface area contributed by atoms with Crippen molar-refractivity contribution in [1.82, 2.24) is 15.5 Å². The molecule has 33 heavy (non-hydrogen) atoms. The van der Waals surface area contributed by atoms with E-state index in [-0.39, 0.29) is 12.6 Å². The van der Waals surface area contributed by atoms with Crippen LogP contribution in [0.4, 0.5) is 4.79 Å². The minimum Gasteiger partial charge on any atom is -0.468 e. The smallest absolute Gasteiger partial charge is 0.408 e. The molecule has 1 aliphatic carbocycles. The first-order chi connectivity index (χ1) is 15.5. The number of aryl methyl sites for hydroxylation is 1. The molecule has 0 spiro atoms. The normalized spacial score (nSPS) is 15.1. The van der Waals surface area contributed by atoms with E-state index in [1.807, 2.05) is 19.1 Å². The highest BCUT2D eigenvalue weighted by Gasteiger charge is 2.44. The van der Waals surface area contributed by atoms with Crippen molar-refractivity contribution in [3.8, 4) is 0 Å². The molecule has 1 saturated carbocycles. The van der Waals surface area contributed by atoms with E-state index in [1.165, 1.54) is 12.0 Å². The summed E-state index contributed by atoms with van der Waals surface area (Å²) >= 11 is 0. The minimum absolute atomic E-state index is 0.250. The molecule has 0 aromatic heterocycles. The van der Waals surface area contributed by atoms with Gasteiger partial charge < -0.3 is 30.1 Å². The number of esters is 1. The number of benzene rings is 1. The van der Waals surface area contributed by atoms with Crippen LogP contribution in [0.5, 0.6) is 0 Å². The Morgan fingerprint density at radius 1 is 1.18 bits per heavy atom. The van der Waals surface area contributed by atoms with Gasteiger partial charge in [-0.15, -0.1) is 0 Å². The van der Waals surface area contributed by atoms with Crippen molar-refractivity contribution in [1.29, 1.82) is 0 Å². The van der Waals surface area contributed by atoms with Gasteiger partial charge in [-0.05, 0) is 51.7 Å². The molecule has 2 atom stereocenters. The van der Waals surface area contributed by atoms with Crippen LogP contribution in [0.2, 0.25) is 0 Å². The quantitative estimate of drug-likeness (QED) is 0.469. The average molecular weight is 464 g/mol. The second kappa shape index (κ2) is 11.1. The summed E-state index contributed by atoms with van der Waals surface area (Å²) in [5.74, 6) is -1.81. The number of aliphatic hydroxyl groups excluding tert-OH is 1. The Balaban J connectivity index is 2.37. The fourth-order valence-electron chi connectivity index (χ4n) is 3.33. The Labute approximate surface area is 193 Å². The lowest BCUT2D eigenvalue weighted by Gasteiger charge is -2.34. The largest absolute Gasteiger partial charge is 0.468 e. The molecule has 10 nitrogen and oxygen atoms in total. The van der Waals surface area contributed by atoms with Crippen LogP contribution in [0.3, 0.4) is 0 Å². The molecule has 1 fully saturated rings. The summed E-state index contributed by atoms with van der Waals surface area (Å²) in [4.78, 5) is 51.9. The maximum atomic E-state index is 13.5. The van der Waals surface area contributed by atoms with E-state index in [1.54, 1.807) is 32.9 Å². The summed E-state index contributed by atoms with van der Waals surface area (Å²) in [7, 11) is 1.21. The summed E-state index contributed by atoms with van der Waals surface area (Å²) < 4.78 is 9.79. The number of carbonyl (C=O) groups is 4. The first-order valence-corrected chi connectivity index (χ1v) is 10.8. The lowest BCUT2D eigenvalue weighted by Crippen LogP contribution is -2.55. The highest BCUT2D eigenvalue weighted by atomic mass is 16.6. The fraction of sp³-hybridized carbons (Fsp3) is 0.565. The van der Waals surface area contributed by atoms with Gasteiger partial charge in [0.15, 0.2) is 0 Å². The lowest BCUT2D eigenvalue weighted by molar-refractivity contribution is -0.145. The number of hydrogen-bond donors (Lipinski definition) is 3. The molecule has 1 aromatic carbocycles. The van der Waals surface area contributed by atoms with Gasteiger partial charge in [-0.3, -0.25) is 14.4 Å². The summed E-state index contributed by atoms with van der Waals surface area (Å²) in [6.07, 6.45) is 0.486. The van der Waals surface area contributed by atoms with Gasteiger partial charge in [0.2, 0.25) is 11.8 Å². The zero-order valence-electron chi connectivity index (χ0n) is 19.7. The molecule has 0 saturated heterocycles. The molecule has 0 heterocycles. The van der Waals surface area contributed by atoms with Crippen molar-refractivity contribution in [3.05, 3.63) is 35.4 Å². The van der Waals surface area contributed by atoms with Crippen LogP contribution < -0.4 is 10.6 Å². The minimum atomic E-state index is -1.31. The number of aliphatic hydroxyl groups is 1. The number of nitrogens with one attached hydrogen (secondary N) is 2. The van der Waals surface area contributed by atoms with Crippen LogP contribution in [0, 0.1) is 6.92 Å². The molecular formula is C23H33N3O7. The predicted octanol–water partition coefficient (Wildman–Crippen LogP) is 1.20. The lowest BCUT2D eigenvalue weighted by atomic mass is 9.98. The first kappa shape index (κ1) is 26.1. The van der Waals surface area contributed by atoms with Crippen LogP contribution in [0.1, 0.15) is 50.8 Å². The Hall–Kier alpha value is -3.14. The standard InChI is InChI=1S/C23H33N3O7/c1-14-8-6-7-9-16(14)19(20(29)24-12-18(28)32-5)26(15-10-11-15)21(30)17(13-27)25-22(31)33-23(2,3)4/h6-9,15,17,19,27H,10-13H2,1-5H3,(H,24,29)(H,25,31). The molecule has 3 N–H and O–H groups in total. The van der Waals surface area contributed by atoms with E-state index in [9.17, 15) is 24.3 Å². The van der Waals surface area contributed by atoms with Gasteiger partial charge >= 0.3 is 12.1 Å². The second-order valence-electron chi connectivity index (χ2n) is 8.91. The fourth-order valence-corrected chi connectivity index (χ4v) is 3.33. The number of carbonyl (C=O) groups excluding carboxylic acids is 4. The average Bonchev–Trinajstić information content (AvgIpc) is 3.57. The van der Waals surface area contributed by atoms with Gasteiger partial charge in [-0.2, -0.15) is 0 Å². The second-order valence-corrected chi connectivity index (χ2v) is 8.91. The Bertz CT molecular complexity index is 877. The van der Waals surface area contributed by atoms with Crippen molar-refractivity contribution in [3.63, 3.8) is 0 Å². The van der Waals surface area contributed by atoms with Gasteiger partial charge in [-0.1, -0.05) is 24.3 Å². The number of hydrogen-bond acceptors (Lipinski definition) is 7. The van der Waals surface area contributed by atoms with E-state index in [0.717, 1.165) is 5.56 Å². The maximum Gasteiger partial charge on any atom is 0.408 e. The molecule has 2 unspecified atom stereocenters. The van der Waals surface area contributed by atoms with Crippen LogP contribution in [-0.2, 0) is 23.9 Å². The Morgan fingerprint density at radius 2 is 1.82 bits per heavy atom. The van der Waals surface area contributed by atoms with E-state index < -0.39 is 48.2 Å². The van der Waals surface area contributed by atoms with Crippen molar-refractivity contribution >= 4 is 23.9 Å². The monoisotopic (exact) mass is 463 g/mol. The van der Waals surface area contributed by atoms with Gasteiger partial charge in [0, 0.05) is 6.04 Å². The van der Waals surface area contributed by atoms with Crippen molar-refractivity contribution < 1.29 is 33.8 Å². The van der Waals surface area contributed by atoms with Crippen LogP contribution in [0.25, 0.3) is 0 Å². The van der Waals surface area contributed by atoms with Gasteiger partial charge in [0.05, 0.1) is 13.7 Å². The molecule has 2 rings (SSSR count). The summed E-state index contributed by atoms with van der Waals surface area (Å²) in [6, 6.07) is 4.49. The van der Waals surface area contributed by atoms with Crippen molar-refractivity contribution in [2.75, 3.05) is 20.3 Å². The topological polar surface area (TPSA) is 134 Å². The van der Waals surface area contributed by atoms with Gasteiger partial charge in [0.1, 0.15) is 24.2 Å². The summed E-state index contributed by atoms with van der Waals surface area (Å²) in [6.45, 7) is 5.82. The maximum absolute atomic E-state index is 13.5. The van der Waals surface area contributed by atoms with Gasteiger partial charge in [0.25, 0.3) is 0 Å². The highest BCUT2D eigenvalue weighted by Crippen LogP contribution is 2.36. The van der Waals surface area contributed by atoms with Crippen LogP contribution in [-0.4, -0.2) is 71.8 Å². The third-order valence-corrected chi connectivity index (χ3v) is 5.01. The number of nitrogens with zero attached hydrogens (tertiary/aromatic N) is 1.